The number of hydrogen-bond acceptors (Lipinski definition) is 4. The normalized spacial score (nSPS) is 12.3. The molecule has 7 heteroatoms. The van der Waals surface area contributed by atoms with Crippen molar-refractivity contribution in [3.05, 3.63) is 71.5 Å². The zero-order valence-corrected chi connectivity index (χ0v) is 17.6. The SMILES string of the molecule is CN=C(NCCCS(=O)(=O)Cc1ccccc1)NCc1oc2ccccc2c1C. The number of aliphatic imine (C=N–C) groups is 1. The lowest BCUT2D eigenvalue weighted by molar-refractivity contribution is 0.534. The molecular weight excluding hydrogens is 386 g/mol. The van der Waals surface area contributed by atoms with Gasteiger partial charge in [-0.2, -0.15) is 0 Å². The number of benzene rings is 2. The van der Waals surface area contributed by atoms with E-state index in [0.717, 1.165) is 27.9 Å². The highest BCUT2D eigenvalue weighted by Crippen LogP contribution is 2.24. The third-order valence-corrected chi connectivity index (χ3v) is 6.42. The largest absolute Gasteiger partial charge is 0.459 e. The fourth-order valence-electron chi connectivity index (χ4n) is 3.18. The van der Waals surface area contributed by atoms with Crippen LogP contribution in [0.25, 0.3) is 11.0 Å². The Morgan fingerprint density at radius 1 is 1.03 bits per heavy atom. The number of nitrogens with one attached hydrogen (secondary N) is 2. The lowest BCUT2D eigenvalue weighted by Gasteiger charge is -2.11. The molecule has 1 aromatic heterocycles. The third kappa shape index (κ3) is 5.84. The molecule has 2 N–H and O–H groups in total. The highest BCUT2D eigenvalue weighted by molar-refractivity contribution is 7.90. The van der Waals surface area contributed by atoms with Crippen LogP contribution in [0, 0.1) is 6.92 Å². The van der Waals surface area contributed by atoms with Gasteiger partial charge in [0.25, 0.3) is 0 Å². The molecule has 1 heterocycles. The summed E-state index contributed by atoms with van der Waals surface area (Å²) in [6.45, 7) is 3.07. The van der Waals surface area contributed by atoms with E-state index in [9.17, 15) is 8.42 Å². The molecule has 2 aromatic carbocycles. The first-order chi connectivity index (χ1) is 14.0. The highest BCUT2D eigenvalue weighted by atomic mass is 32.2. The maximum Gasteiger partial charge on any atom is 0.191 e. The van der Waals surface area contributed by atoms with Crippen LogP contribution in [0.3, 0.4) is 0 Å². The van der Waals surface area contributed by atoms with Crippen LogP contribution in [0.4, 0.5) is 0 Å². The molecule has 0 aliphatic heterocycles. The molecule has 3 aromatic rings. The zero-order chi connectivity index (χ0) is 20.7. The Bertz CT molecular complexity index is 1070. The summed E-state index contributed by atoms with van der Waals surface area (Å²) >= 11 is 0. The van der Waals surface area contributed by atoms with E-state index in [0.29, 0.717) is 25.5 Å². The summed E-state index contributed by atoms with van der Waals surface area (Å²) in [6.07, 6.45) is 0.513. The molecule has 0 saturated carbocycles. The van der Waals surface area contributed by atoms with Gasteiger partial charge in [0.2, 0.25) is 0 Å². The minimum atomic E-state index is -3.13. The maximum atomic E-state index is 12.3. The Morgan fingerprint density at radius 2 is 1.76 bits per heavy atom. The average Bonchev–Trinajstić information content (AvgIpc) is 3.04. The fourth-order valence-corrected chi connectivity index (χ4v) is 4.61. The Hall–Kier alpha value is -2.80. The van der Waals surface area contributed by atoms with Gasteiger partial charge in [0.1, 0.15) is 11.3 Å². The summed E-state index contributed by atoms with van der Waals surface area (Å²) in [5.74, 6) is 1.69. The first kappa shape index (κ1) is 20.9. The van der Waals surface area contributed by atoms with Crippen molar-refractivity contribution < 1.29 is 12.8 Å². The zero-order valence-electron chi connectivity index (χ0n) is 16.8. The molecule has 0 aliphatic rings. The third-order valence-electron chi connectivity index (χ3n) is 4.74. The summed E-state index contributed by atoms with van der Waals surface area (Å²) in [7, 11) is -1.44. The molecule has 6 nitrogen and oxygen atoms in total. The van der Waals surface area contributed by atoms with E-state index in [1.807, 2.05) is 61.5 Å². The topological polar surface area (TPSA) is 83.7 Å². The van der Waals surface area contributed by atoms with E-state index >= 15 is 0 Å². The molecule has 0 spiro atoms. The predicted molar refractivity (Wildman–Crippen MR) is 118 cm³/mol. The summed E-state index contributed by atoms with van der Waals surface area (Å²) in [6, 6.07) is 17.2. The van der Waals surface area contributed by atoms with Crippen molar-refractivity contribution in [2.24, 2.45) is 4.99 Å². The highest BCUT2D eigenvalue weighted by Gasteiger charge is 2.12. The van der Waals surface area contributed by atoms with E-state index in [1.54, 1.807) is 7.05 Å². The van der Waals surface area contributed by atoms with Gasteiger partial charge in [-0.05, 0) is 25.0 Å². The van der Waals surface area contributed by atoms with Gasteiger partial charge in [-0.1, -0.05) is 48.5 Å². The first-order valence-corrected chi connectivity index (χ1v) is 11.5. The maximum absolute atomic E-state index is 12.3. The van der Waals surface area contributed by atoms with Gasteiger partial charge in [-0.3, -0.25) is 4.99 Å². The van der Waals surface area contributed by atoms with Crippen molar-refractivity contribution in [1.29, 1.82) is 0 Å². The lowest BCUT2D eigenvalue weighted by Crippen LogP contribution is -2.37. The number of para-hydroxylation sites is 1. The Kier molecular flexibility index (Phi) is 6.93. The molecule has 0 saturated heterocycles. The molecule has 0 fully saturated rings. The number of hydrogen-bond donors (Lipinski definition) is 2. The van der Waals surface area contributed by atoms with Crippen molar-refractivity contribution in [2.45, 2.75) is 25.6 Å². The number of aryl methyl sites for hydroxylation is 1. The standard InChI is InChI=1S/C22H27N3O3S/c1-17-19-11-6-7-12-20(19)28-21(17)15-25-22(23-2)24-13-8-14-29(26,27)16-18-9-4-3-5-10-18/h3-7,9-12H,8,13-16H2,1-2H3,(H2,23,24,25). The second kappa shape index (κ2) is 9.60. The van der Waals surface area contributed by atoms with Crippen molar-refractivity contribution in [3.63, 3.8) is 0 Å². The fraction of sp³-hybridized carbons (Fsp3) is 0.318. The van der Waals surface area contributed by atoms with Crippen molar-refractivity contribution >= 4 is 26.8 Å². The number of nitrogens with zero attached hydrogens (tertiary/aromatic N) is 1. The molecule has 3 rings (SSSR count). The van der Waals surface area contributed by atoms with Gasteiger partial charge >= 0.3 is 0 Å². The first-order valence-electron chi connectivity index (χ1n) is 9.64. The van der Waals surface area contributed by atoms with Crippen LogP contribution in [-0.4, -0.2) is 33.7 Å². The van der Waals surface area contributed by atoms with Gasteiger partial charge in [0.15, 0.2) is 15.8 Å². The Labute approximate surface area is 172 Å². The molecule has 154 valence electrons. The quantitative estimate of drug-likeness (QED) is 0.336. The van der Waals surface area contributed by atoms with Crippen LogP contribution in [0.2, 0.25) is 0 Å². The monoisotopic (exact) mass is 413 g/mol. The molecule has 0 radical (unpaired) electrons. The van der Waals surface area contributed by atoms with Crippen molar-refractivity contribution in [2.75, 3.05) is 19.3 Å². The van der Waals surface area contributed by atoms with Gasteiger partial charge in [0, 0.05) is 24.5 Å². The summed E-state index contributed by atoms with van der Waals surface area (Å²) in [4.78, 5) is 4.19. The van der Waals surface area contributed by atoms with E-state index in [4.69, 9.17) is 4.42 Å². The number of fused-ring (bicyclic) bond motifs is 1. The summed E-state index contributed by atoms with van der Waals surface area (Å²) in [5, 5.41) is 7.49. The van der Waals surface area contributed by atoms with Crippen LogP contribution >= 0.6 is 0 Å². The second-order valence-electron chi connectivity index (χ2n) is 6.93. The van der Waals surface area contributed by atoms with Gasteiger partial charge in [-0.15, -0.1) is 0 Å². The molecular formula is C22H27N3O3S. The lowest BCUT2D eigenvalue weighted by atomic mass is 10.1. The van der Waals surface area contributed by atoms with E-state index in [-0.39, 0.29) is 11.5 Å². The second-order valence-corrected chi connectivity index (χ2v) is 9.11. The van der Waals surface area contributed by atoms with Gasteiger partial charge in [0.05, 0.1) is 18.1 Å². The molecule has 0 aliphatic carbocycles. The van der Waals surface area contributed by atoms with E-state index in [2.05, 4.69) is 15.6 Å². The number of guanidine groups is 1. The van der Waals surface area contributed by atoms with Crippen LogP contribution in [0.15, 0.2) is 64.0 Å². The smallest absolute Gasteiger partial charge is 0.191 e. The van der Waals surface area contributed by atoms with Crippen LogP contribution < -0.4 is 10.6 Å². The van der Waals surface area contributed by atoms with Crippen molar-refractivity contribution in [1.82, 2.24) is 10.6 Å². The van der Waals surface area contributed by atoms with Crippen LogP contribution in [0.1, 0.15) is 23.3 Å². The Balaban J connectivity index is 1.45. The summed E-state index contributed by atoms with van der Waals surface area (Å²) in [5.41, 5.74) is 2.79. The van der Waals surface area contributed by atoms with Crippen LogP contribution in [-0.2, 0) is 22.1 Å². The summed E-state index contributed by atoms with van der Waals surface area (Å²) < 4.78 is 30.4. The molecule has 29 heavy (non-hydrogen) atoms. The van der Waals surface area contributed by atoms with E-state index < -0.39 is 9.84 Å². The average molecular weight is 414 g/mol. The van der Waals surface area contributed by atoms with E-state index in [1.165, 1.54) is 0 Å². The molecule has 0 unspecified atom stereocenters. The minimum Gasteiger partial charge on any atom is -0.459 e. The van der Waals surface area contributed by atoms with Crippen molar-refractivity contribution in [3.8, 4) is 0 Å². The molecule has 0 bridgehead atoms. The molecule has 0 amide bonds. The van der Waals surface area contributed by atoms with Gasteiger partial charge < -0.3 is 15.1 Å². The minimum absolute atomic E-state index is 0.0755. The number of rotatable bonds is 8. The number of sulfone groups is 1. The van der Waals surface area contributed by atoms with Gasteiger partial charge in [-0.25, -0.2) is 8.42 Å². The van der Waals surface area contributed by atoms with Crippen LogP contribution in [0.5, 0.6) is 0 Å². The molecule has 0 atom stereocenters. The number of furan rings is 1. The predicted octanol–water partition coefficient (Wildman–Crippen LogP) is 3.41. The Morgan fingerprint density at radius 3 is 2.48 bits per heavy atom.